The average Bonchev–Trinajstić information content (AvgIpc) is 3.04. The summed E-state index contributed by atoms with van der Waals surface area (Å²) < 4.78 is 0. The van der Waals surface area contributed by atoms with Gasteiger partial charge in [0, 0.05) is 24.8 Å². The van der Waals surface area contributed by atoms with Crippen molar-refractivity contribution in [3.8, 4) is 0 Å². The number of aryl methyl sites for hydroxylation is 1. The smallest absolute Gasteiger partial charge is 0.226 e. The van der Waals surface area contributed by atoms with Crippen molar-refractivity contribution in [2.24, 2.45) is 22.7 Å². The molecule has 1 heterocycles. The highest BCUT2D eigenvalue weighted by Crippen LogP contribution is 2.57. The van der Waals surface area contributed by atoms with Crippen LogP contribution in [-0.4, -0.2) is 39.9 Å². The molecule has 0 aromatic heterocycles. The Labute approximate surface area is 207 Å². The highest BCUT2D eigenvalue weighted by molar-refractivity contribution is 8.14. The first-order valence-corrected chi connectivity index (χ1v) is 13.3. The van der Waals surface area contributed by atoms with E-state index in [9.17, 15) is 4.79 Å². The Morgan fingerprint density at radius 2 is 1.88 bits per heavy atom. The van der Waals surface area contributed by atoms with Gasteiger partial charge in [0.05, 0.1) is 16.2 Å². The largest absolute Gasteiger partial charge is 0.347 e. The van der Waals surface area contributed by atoms with Crippen LogP contribution in [0.5, 0.6) is 0 Å². The van der Waals surface area contributed by atoms with Gasteiger partial charge in [-0.1, -0.05) is 36.4 Å². The zero-order valence-electron chi connectivity index (χ0n) is 19.1. The van der Waals surface area contributed by atoms with Gasteiger partial charge in [0.15, 0.2) is 5.17 Å². The molecule has 7 heteroatoms. The first kappa shape index (κ1) is 24.2. The van der Waals surface area contributed by atoms with Crippen LogP contribution < -0.4 is 5.32 Å². The van der Waals surface area contributed by atoms with Gasteiger partial charge >= 0.3 is 0 Å². The summed E-state index contributed by atoms with van der Waals surface area (Å²) in [7, 11) is 0. The van der Waals surface area contributed by atoms with Gasteiger partial charge in [-0.2, -0.15) is 0 Å². The molecule has 4 bridgehead atoms. The monoisotopic (exact) mass is 495 g/mol. The number of benzene rings is 1. The van der Waals surface area contributed by atoms with E-state index in [0.717, 1.165) is 42.0 Å². The number of amides is 1. The number of carbonyl (C=O) groups is 1. The van der Waals surface area contributed by atoms with Gasteiger partial charge in [-0.25, -0.2) is 0 Å². The van der Waals surface area contributed by atoms with E-state index in [4.69, 9.17) is 16.6 Å². The second kappa shape index (κ2) is 9.76. The number of nitrogens with one attached hydrogen (secondary N) is 1. The van der Waals surface area contributed by atoms with Crippen LogP contribution in [0.25, 0.3) is 0 Å². The van der Waals surface area contributed by atoms with Crippen molar-refractivity contribution >= 4 is 52.5 Å². The standard InChI is InChI=1S/C25H34ClN3OS.ClH/c1-3-6-29-20(11-23(30)27-22-5-4-16(2)7-21(22)26)15-31-24(29)28-25-12-17-8-18(13-25)10-19(9-17)14-25;/h4-5,7,17-20H,3,6,8-15H2,1-2H3,(H,27,30);1H/b28-24-;. The molecule has 1 aromatic rings. The maximum atomic E-state index is 12.8. The fraction of sp³-hybridized carbons (Fsp3) is 0.680. The summed E-state index contributed by atoms with van der Waals surface area (Å²) in [6.07, 6.45) is 9.76. The number of halogens is 2. The van der Waals surface area contributed by atoms with E-state index in [2.05, 4.69) is 17.1 Å². The van der Waals surface area contributed by atoms with E-state index in [-0.39, 0.29) is 29.9 Å². The van der Waals surface area contributed by atoms with E-state index < -0.39 is 0 Å². The van der Waals surface area contributed by atoms with Crippen LogP contribution >= 0.6 is 35.8 Å². The lowest BCUT2D eigenvalue weighted by Crippen LogP contribution is -2.50. The summed E-state index contributed by atoms with van der Waals surface area (Å²) in [4.78, 5) is 20.7. The zero-order valence-corrected chi connectivity index (χ0v) is 21.5. The van der Waals surface area contributed by atoms with Gasteiger partial charge in [-0.3, -0.25) is 9.79 Å². The molecule has 5 fully saturated rings. The van der Waals surface area contributed by atoms with Crippen molar-refractivity contribution in [3.05, 3.63) is 28.8 Å². The highest BCUT2D eigenvalue weighted by Gasteiger charge is 2.51. The Hall–Kier alpha value is -0.910. The van der Waals surface area contributed by atoms with Crippen LogP contribution in [0.3, 0.4) is 0 Å². The van der Waals surface area contributed by atoms with E-state index in [1.807, 2.05) is 36.9 Å². The molecule has 1 atom stereocenters. The van der Waals surface area contributed by atoms with Gasteiger partial charge in [0.25, 0.3) is 0 Å². The summed E-state index contributed by atoms with van der Waals surface area (Å²) in [6.45, 7) is 5.19. The van der Waals surface area contributed by atoms with Crippen molar-refractivity contribution in [1.29, 1.82) is 0 Å². The van der Waals surface area contributed by atoms with Gasteiger partial charge in [-0.05, 0) is 87.3 Å². The van der Waals surface area contributed by atoms with Crippen LogP contribution in [-0.2, 0) is 4.79 Å². The lowest BCUT2D eigenvalue weighted by Gasteiger charge is -2.55. The Bertz CT molecular complexity index is 855. The lowest BCUT2D eigenvalue weighted by molar-refractivity contribution is -0.116. The van der Waals surface area contributed by atoms with Gasteiger partial charge in [-0.15, -0.1) is 12.4 Å². The minimum atomic E-state index is 0. The maximum Gasteiger partial charge on any atom is 0.226 e. The molecule has 4 nitrogen and oxygen atoms in total. The molecular weight excluding hydrogens is 461 g/mol. The predicted octanol–water partition coefficient (Wildman–Crippen LogP) is 6.55. The summed E-state index contributed by atoms with van der Waals surface area (Å²) >= 11 is 8.19. The molecule has 5 aliphatic rings. The number of hydrogen-bond acceptors (Lipinski definition) is 3. The Morgan fingerprint density at radius 3 is 2.47 bits per heavy atom. The Morgan fingerprint density at radius 1 is 1.22 bits per heavy atom. The van der Waals surface area contributed by atoms with Crippen LogP contribution in [0.4, 0.5) is 5.69 Å². The quantitative estimate of drug-likeness (QED) is 0.486. The molecular formula is C25H35Cl2N3OS. The van der Waals surface area contributed by atoms with Gasteiger partial charge in [0.2, 0.25) is 5.91 Å². The number of thioether (sulfide) groups is 1. The zero-order chi connectivity index (χ0) is 21.6. The van der Waals surface area contributed by atoms with Gasteiger partial charge < -0.3 is 10.2 Å². The molecule has 0 radical (unpaired) electrons. The molecule has 4 aliphatic carbocycles. The number of aliphatic imine (C=N–C) groups is 1. The van der Waals surface area contributed by atoms with Crippen LogP contribution in [0.2, 0.25) is 5.02 Å². The topological polar surface area (TPSA) is 44.7 Å². The fourth-order valence-electron chi connectivity index (χ4n) is 6.83. The number of hydrogen-bond donors (Lipinski definition) is 1. The summed E-state index contributed by atoms with van der Waals surface area (Å²) in [6, 6.07) is 5.97. The third kappa shape index (κ3) is 4.95. The minimum absolute atomic E-state index is 0. The molecule has 32 heavy (non-hydrogen) atoms. The van der Waals surface area contributed by atoms with E-state index in [1.54, 1.807) is 0 Å². The average molecular weight is 497 g/mol. The Balaban J connectivity index is 0.00000245. The van der Waals surface area contributed by atoms with Crippen LogP contribution in [0, 0.1) is 24.7 Å². The molecule has 1 aliphatic heterocycles. The van der Waals surface area contributed by atoms with Crippen molar-refractivity contribution in [2.75, 3.05) is 17.6 Å². The third-order valence-electron chi connectivity index (χ3n) is 7.71. The van der Waals surface area contributed by atoms with Crippen LogP contribution in [0.1, 0.15) is 63.9 Å². The van der Waals surface area contributed by atoms with Crippen molar-refractivity contribution in [3.63, 3.8) is 0 Å². The summed E-state index contributed by atoms with van der Waals surface area (Å²) in [5, 5.41) is 4.83. The Kier molecular flexibility index (Phi) is 7.38. The molecule has 1 N–H and O–H groups in total. The molecule has 6 rings (SSSR count). The predicted molar refractivity (Wildman–Crippen MR) is 138 cm³/mol. The fourth-order valence-corrected chi connectivity index (χ4v) is 8.41. The van der Waals surface area contributed by atoms with E-state index in [0.29, 0.717) is 17.1 Å². The molecule has 1 saturated heterocycles. The second-order valence-electron chi connectivity index (χ2n) is 10.4. The maximum absolute atomic E-state index is 12.8. The van der Waals surface area contributed by atoms with Crippen molar-refractivity contribution in [2.45, 2.75) is 76.8 Å². The molecule has 176 valence electrons. The summed E-state index contributed by atoms with van der Waals surface area (Å²) in [5.41, 5.74) is 1.98. The first-order valence-electron chi connectivity index (χ1n) is 12.0. The van der Waals surface area contributed by atoms with E-state index >= 15 is 0 Å². The second-order valence-corrected chi connectivity index (χ2v) is 11.8. The van der Waals surface area contributed by atoms with E-state index in [1.165, 1.54) is 43.7 Å². The van der Waals surface area contributed by atoms with Gasteiger partial charge in [0.1, 0.15) is 0 Å². The minimum Gasteiger partial charge on any atom is -0.347 e. The molecule has 4 saturated carbocycles. The SMILES string of the molecule is CCCN1/C(=N/C23CC4CC(CC(C4)C2)C3)SCC1CC(=O)Nc1ccc(C)cc1Cl.Cl. The number of anilines is 1. The molecule has 1 unspecified atom stereocenters. The van der Waals surface area contributed by atoms with Crippen molar-refractivity contribution < 1.29 is 4.79 Å². The number of rotatable bonds is 6. The highest BCUT2D eigenvalue weighted by atomic mass is 35.5. The molecule has 1 aromatic carbocycles. The molecule has 0 spiro atoms. The first-order chi connectivity index (χ1) is 14.9. The number of carbonyl (C=O) groups excluding carboxylic acids is 1. The number of nitrogens with zero attached hydrogens (tertiary/aromatic N) is 2. The van der Waals surface area contributed by atoms with Crippen molar-refractivity contribution in [1.82, 2.24) is 4.90 Å². The third-order valence-corrected chi connectivity index (χ3v) is 9.16. The number of amidine groups is 1. The summed E-state index contributed by atoms with van der Waals surface area (Å²) in [5.74, 6) is 3.70. The van der Waals surface area contributed by atoms with Crippen LogP contribution in [0.15, 0.2) is 23.2 Å². The molecule has 1 amide bonds. The normalized spacial score (nSPS) is 34.1. The lowest BCUT2D eigenvalue weighted by atomic mass is 9.53.